The van der Waals surface area contributed by atoms with Crippen molar-refractivity contribution < 1.29 is 33.2 Å². The lowest BCUT2D eigenvalue weighted by molar-refractivity contribution is -0.0311. The Morgan fingerprint density at radius 2 is 1.34 bits per heavy atom. The van der Waals surface area contributed by atoms with Gasteiger partial charge in [0.25, 0.3) is 0 Å². The third kappa shape index (κ3) is 19.0. The molecule has 2 saturated heterocycles. The van der Waals surface area contributed by atoms with E-state index >= 15 is 0 Å². The Morgan fingerprint density at radius 3 is 1.90 bits per heavy atom. The fourth-order valence-corrected chi connectivity index (χ4v) is 6.19. The topological polar surface area (TPSA) is 103 Å². The van der Waals surface area contributed by atoms with Gasteiger partial charge in [-0.1, -0.05) is 39.8 Å². The highest BCUT2D eigenvalue weighted by Crippen LogP contribution is 2.23. The van der Waals surface area contributed by atoms with Gasteiger partial charge in [0.2, 0.25) is 0 Å². The summed E-state index contributed by atoms with van der Waals surface area (Å²) >= 11 is 0. The van der Waals surface area contributed by atoms with Crippen molar-refractivity contribution in [2.75, 3.05) is 105 Å². The maximum Gasteiger partial charge on any atom is 0.410 e. The van der Waals surface area contributed by atoms with Crippen molar-refractivity contribution >= 4 is 6.09 Å². The molecule has 0 spiro atoms. The number of carbonyl (C=O) groups excluding carboxylic acids is 1. The second-order valence-corrected chi connectivity index (χ2v) is 15.2. The van der Waals surface area contributed by atoms with Gasteiger partial charge in [0.05, 0.1) is 51.8 Å². The van der Waals surface area contributed by atoms with Crippen LogP contribution in [0.5, 0.6) is 5.75 Å². The Hall–Kier alpha value is -1.99. The summed E-state index contributed by atoms with van der Waals surface area (Å²) in [6.07, 6.45) is 4.51. The number of hydrogen-bond acceptors (Lipinski definition) is 10. The predicted octanol–water partition coefficient (Wildman–Crippen LogP) is 5.01. The Morgan fingerprint density at radius 1 is 0.780 bits per heavy atom. The second kappa shape index (κ2) is 24.3. The zero-order chi connectivity index (χ0) is 36.0. The highest BCUT2D eigenvalue weighted by atomic mass is 16.6. The quantitative estimate of drug-likeness (QED) is 0.135. The van der Waals surface area contributed by atoms with E-state index in [0.717, 1.165) is 89.4 Å². The number of hydrogen-bond donors (Lipinski definition) is 2. The van der Waals surface area contributed by atoms with Crippen molar-refractivity contribution in [3.05, 3.63) is 29.8 Å². The second-order valence-electron chi connectivity index (χ2n) is 15.2. The molecule has 1 aromatic rings. The van der Waals surface area contributed by atoms with Crippen LogP contribution in [0.15, 0.2) is 24.3 Å². The third-order valence-electron chi connectivity index (χ3n) is 8.92. The lowest BCUT2D eigenvalue weighted by atomic mass is 9.98. The molecule has 0 atom stereocenters. The average Bonchev–Trinajstić information content (AvgIpc) is 3.07. The fraction of sp³-hybridized carbons (Fsp3) is 0.821. The van der Waals surface area contributed by atoms with Crippen molar-refractivity contribution in [2.45, 2.75) is 91.5 Å². The summed E-state index contributed by atoms with van der Waals surface area (Å²) in [4.78, 5) is 17.3. The number of rotatable bonds is 25. The van der Waals surface area contributed by atoms with Crippen LogP contribution >= 0.6 is 0 Å². The van der Waals surface area contributed by atoms with Crippen LogP contribution in [0.25, 0.3) is 0 Å². The number of amides is 1. The van der Waals surface area contributed by atoms with Gasteiger partial charge in [-0.25, -0.2) is 4.79 Å². The summed E-state index contributed by atoms with van der Waals surface area (Å²) < 4.78 is 35.5. The molecule has 2 heterocycles. The summed E-state index contributed by atoms with van der Waals surface area (Å²) in [6.45, 7) is 25.3. The molecule has 2 aliphatic heterocycles. The van der Waals surface area contributed by atoms with E-state index in [0.29, 0.717) is 77.1 Å². The molecule has 0 bridgehead atoms. The van der Waals surface area contributed by atoms with E-state index in [9.17, 15) is 4.79 Å². The van der Waals surface area contributed by atoms with Crippen LogP contribution in [0.2, 0.25) is 0 Å². The first kappa shape index (κ1) is 42.4. The van der Waals surface area contributed by atoms with Crippen molar-refractivity contribution in [3.8, 4) is 5.75 Å². The lowest BCUT2D eigenvalue weighted by Crippen LogP contribution is -2.44. The van der Waals surface area contributed by atoms with Crippen LogP contribution in [0.3, 0.4) is 0 Å². The molecule has 2 fully saturated rings. The number of benzene rings is 1. The van der Waals surface area contributed by atoms with Gasteiger partial charge in [0, 0.05) is 52.2 Å². The molecule has 288 valence electrons. The standard InChI is InChI=1S/C39H70N4O7/c1-32(2)30-40-14-21-45-24-26-48-35-10-16-42(17-11-35)20-23-47-37-9-7-8-34(28-37)29-39(5,6)50-38(44)43-18-12-36(13-19-43)49-27-25-46-22-15-41-31-33(3)4/h7-9,28,32-33,35-36,40-41H,10-27,29-31H2,1-6H3. The highest BCUT2D eigenvalue weighted by molar-refractivity contribution is 5.68. The number of nitrogens with one attached hydrogen (secondary N) is 2. The molecule has 50 heavy (non-hydrogen) atoms. The number of nitrogens with zero attached hydrogens (tertiary/aromatic N) is 2. The van der Waals surface area contributed by atoms with Crippen LogP contribution in [-0.2, 0) is 30.1 Å². The summed E-state index contributed by atoms with van der Waals surface area (Å²) in [5, 5.41) is 6.76. The minimum absolute atomic E-state index is 0.154. The van der Waals surface area contributed by atoms with Gasteiger partial charge >= 0.3 is 6.09 Å². The molecule has 0 aromatic heterocycles. The van der Waals surface area contributed by atoms with Gasteiger partial charge in [0.1, 0.15) is 18.0 Å². The predicted molar refractivity (Wildman–Crippen MR) is 199 cm³/mol. The Balaban J connectivity index is 1.23. The number of piperidine rings is 2. The first-order chi connectivity index (χ1) is 24.1. The summed E-state index contributed by atoms with van der Waals surface area (Å²) in [7, 11) is 0. The van der Waals surface area contributed by atoms with E-state index in [1.165, 1.54) is 0 Å². The molecule has 2 N–H and O–H groups in total. The zero-order valence-corrected chi connectivity index (χ0v) is 32.2. The first-order valence-corrected chi connectivity index (χ1v) is 19.3. The largest absolute Gasteiger partial charge is 0.492 e. The Kier molecular flexibility index (Phi) is 20.6. The number of carbonyl (C=O) groups is 1. The van der Waals surface area contributed by atoms with E-state index in [-0.39, 0.29) is 12.2 Å². The molecule has 0 radical (unpaired) electrons. The maximum absolute atomic E-state index is 13.0. The Labute approximate surface area is 303 Å². The minimum Gasteiger partial charge on any atom is -0.492 e. The van der Waals surface area contributed by atoms with Gasteiger partial charge in [0.15, 0.2) is 0 Å². The van der Waals surface area contributed by atoms with E-state index in [1.54, 1.807) is 4.90 Å². The van der Waals surface area contributed by atoms with Crippen LogP contribution in [0.1, 0.15) is 72.8 Å². The minimum atomic E-state index is -0.645. The molecule has 11 heteroatoms. The van der Waals surface area contributed by atoms with E-state index in [1.807, 2.05) is 26.0 Å². The van der Waals surface area contributed by atoms with Gasteiger partial charge in [-0.15, -0.1) is 0 Å². The van der Waals surface area contributed by atoms with Crippen LogP contribution in [-0.4, -0.2) is 139 Å². The Bertz CT molecular complexity index is 1030. The van der Waals surface area contributed by atoms with Crippen molar-refractivity contribution in [3.63, 3.8) is 0 Å². The SMILES string of the molecule is CC(C)CNCCOCCOC1CCN(CCOc2cccc(CC(C)(C)OC(=O)N3CCC(OCCOCCNCC(C)C)CC3)c2)CC1. The smallest absolute Gasteiger partial charge is 0.410 e. The van der Waals surface area contributed by atoms with Crippen molar-refractivity contribution in [2.24, 2.45) is 11.8 Å². The number of likely N-dealkylation sites (tertiary alicyclic amines) is 2. The van der Waals surface area contributed by atoms with E-state index in [4.69, 9.17) is 28.4 Å². The maximum atomic E-state index is 13.0. The molecule has 1 aromatic carbocycles. The van der Waals surface area contributed by atoms with Crippen LogP contribution in [0, 0.1) is 11.8 Å². The highest BCUT2D eigenvalue weighted by Gasteiger charge is 2.30. The van der Waals surface area contributed by atoms with E-state index in [2.05, 4.69) is 55.4 Å². The van der Waals surface area contributed by atoms with Crippen LogP contribution < -0.4 is 15.4 Å². The zero-order valence-electron chi connectivity index (χ0n) is 32.2. The number of ether oxygens (including phenoxy) is 6. The van der Waals surface area contributed by atoms with Gasteiger partial charge in [-0.3, -0.25) is 4.90 Å². The monoisotopic (exact) mass is 707 g/mol. The normalized spacial score (nSPS) is 16.8. The molecule has 1 amide bonds. The first-order valence-electron chi connectivity index (χ1n) is 19.3. The molecular formula is C39H70N4O7. The van der Waals surface area contributed by atoms with Crippen LogP contribution in [0.4, 0.5) is 4.79 Å². The molecule has 11 nitrogen and oxygen atoms in total. The van der Waals surface area contributed by atoms with Crippen molar-refractivity contribution in [1.29, 1.82) is 0 Å². The molecule has 2 aliphatic rings. The molecular weight excluding hydrogens is 636 g/mol. The summed E-state index contributed by atoms with van der Waals surface area (Å²) in [5.41, 5.74) is 0.437. The third-order valence-corrected chi connectivity index (χ3v) is 8.92. The van der Waals surface area contributed by atoms with Gasteiger partial charge in [-0.05, 0) is 82.2 Å². The van der Waals surface area contributed by atoms with E-state index < -0.39 is 5.60 Å². The molecule has 0 aliphatic carbocycles. The molecule has 0 unspecified atom stereocenters. The lowest BCUT2D eigenvalue weighted by Gasteiger charge is -2.34. The summed E-state index contributed by atoms with van der Waals surface area (Å²) in [5.74, 6) is 2.15. The van der Waals surface area contributed by atoms with Gasteiger partial charge < -0.3 is 44.0 Å². The fourth-order valence-electron chi connectivity index (χ4n) is 6.19. The van der Waals surface area contributed by atoms with Gasteiger partial charge in [-0.2, -0.15) is 0 Å². The average molecular weight is 707 g/mol. The van der Waals surface area contributed by atoms with Crippen molar-refractivity contribution in [1.82, 2.24) is 20.4 Å². The summed E-state index contributed by atoms with van der Waals surface area (Å²) in [6, 6.07) is 8.13. The molecule has 3 rings (SSSR count). The molecule has 0 saturated carbocycles.